The van der Waals surface area contributed by atoms with Gasteiger partial charge in [-0.25, -0.2) is 5.43 Å². The maximum Gasteiger partial charge on any atom is 0.274 e. The van der Waals surface area contributed by atoms with Crippen LogP contribution in [0.3, 0.4) is 0 Å². The molecule has 0 saturated heterocycles. The summed E-state index contributed by atoms with van der Waals surface area (Å²) in [4.78, 5) is 18.0. The molecule has 0 aliphatic carbocycles. The topological polar surface area (TPSA) is 98.8 Å². The van der Waals surface area contributed by atoms with Crippen LogP contribution in [0.4, 0.5) is 5.95 Å². The van der Waals surface area contributed by atoms with Gasteiger partial charge < -0.3 is 4.98 Å². The van der Waals surface area contributed by atoms with Gasteiger partial charge in [-0.1, -0.05) is 48.5 Å². The fraction of sp³-hybridized carbons (Fsp3) is 0.0526. The predicted molar refractivity (Wildman–Crippen MR) is 101 cm³/mol. The highest BCUT2D eigenvalue weighted by Gasteiger charge is 2.05. The van der Waals surface area contributed by atoms with Crippen LogP contribution in [0.25, 0.3) is 10.9 Å². The maximum absolute atomic E-state index is 12.2. The molecule has 7 heteroatoms. The molecule has 0 aliphatic heterocycles. The molecule has 0 bridgehead atoms. The lowest BCUT2D eigenvalue weighted by Crippen LogP contribution is -2.18. The molecule has 0 aliphatic rings. The number of hydrogen-bond donors (Lipinski definition) is 3. The normalized spacial score (nSPS) is 11.2. The number of nitrogens with zero attached hydrogens (tertiary/aromatic N) is 3. The number of hydrogen-bond acceptors (Lipinski definition) is 5. The van der Waals surface area contributed by atoms with E-state index in [1.54, 1.807) is 6.21 Å². The van der Waals surface area contributed by atoms with Crippen LogP contribution in [0.5, 0.6) is 0 Å². The molecule has 2 heterocycles. The molecule has 0 unspecified atom stereocenters. The second kappa shape index (κ2) is 7.02. The molecule has 128 valence electrons. The van der Waals surface area contributed by atoms with Crippen LogP contribution < -0.4 is 11.0 Å². The Morgan fingerprint density at radius 1 is 1.04 bits per heavy atom. The summed E-state index contributed by atoms with van der Waals surface area (Å²) >= 11 is 0. The van der Waals surface area contributed by atoms with Crippen molar-refractivity contribution in [3.8, 4) is 0 Å². The standard InChI is InChI=1S/C19H16N6O/c26-18-17(10-13-6-2-1-3-7-13)23-25-19(22-18)24-21-12-14-11-20-16-9-5-4-8-15(14)16/h1-9,11-12,20H,10H2,(H2,22,24,25,26). The van der Waals surface area contributed by atoms with Crippen LogP contribution in [0, 0.1) is 0 Å². The molecule has 0 spiro atoms. The third kappa shape index (κ3) is 3.36. The zero-order valence-electron chi connectivity index (χ0n) is 13.8. The summed E-state index contributed by atoms with van der Waals surface area (Å²) in [7, 11) is 0. The Labute approximate surface area is 148 Å². The Morgan fingerprint density at radius 3 is 2.69 bits per heavy atom. The van der Waals surface area contributed by atoms with E-state index in [-0.39, 0.29) is 11.5 Å². The number of fused-ring (bicyclic) bond motifs is 1. The summed E-state index contributed by atoms with van der Waals surface area (Å²) in [6.07, 6.45) is 3.96. The van der Waals surface area contributed by atoms with Crippen LogP contribution in [0.2, 0.25) is 0 Å². The average Bonchev–Trinajstić information content (AvgIpc) is 3.08. The average molecular weight is 344 g/mol. The molecule has 3 N–H and O–H groups in total. The van der Waals surface area contributed by atoms with Gasteiger partial charge in [0.1, 0.15) is 5.69 Å². The minimum Gasteiger partial charge on any atom is -0.361 e. The highest BCUT2D eigenvalue weighted by atomic mass is 16.1. The van der Waals surface area contributed by atoms with E-state index in [4.69, 9.17) is 0 Å². The maximum atomic E-state index is 12.2. The first-order chi connectivity index (χ1) is 12.8. The molecule has 2 aromatic heterocycles. The Morgan fingerprint density at radius 2 is 1.85 bits per heavy atom. The number of aromatic amines is 2. The Balaban J connectivity index is 1.47. The molecule has 4 aromatic rings. The van der Waals surface area contributed by atoms with Crippen LogP contribution in [0.15, 0.2) is 70.7 Å². The van der Waals surface area contributed by atoms with Crippen molar-refractivity contribution in [2.24, 2.45) is 5.10 Å². The third-order valence-corrected chi connectivity index (χ3v) is 3.97. The summed E-state index contributed by atoms with van der Waals surface area (Å²) in [5, 5.41) is 13.2. The van der Waals surface area contributed by atoms with Crippen molar-refractivity contribution in [2.45, 2.75) is 6.42 Å². The van der Waals surface area contributed by atoms with E-state index in [0.717, 1.165) is 22.0 Å². The first-order valence-corrected chi connectivity index (χ1v) is 8.14. The summed E-state index contributed by atoms with van der Waals surface area (Å²) in [5.74, 6) is 0.197. The van der Waals surface area contributed by atoms with E-state index in [1.807, 2.05) is 60.8 Å². The van der Waals surface area contributed by atoms with Crippen LogP contribution in [-0.4, -0.2) is 26.4 Å². The SMILES string of the molecule is O=c1[nH]c(NN=Cc2c[nH]c3ccccc23)nnc1Cc1ccccc1. The Hall–Kier alpha value is -3.74. The van der Waals surface area contributed by atoms with Gasteiger partial charge in [0.15, 0.2) is 0 Å². The monoisotopic (exact) mass is 344 g/mol. The molecular formula is C19H16N6O. The highest BCUT2D eigenvalue weighted by molar-refractivity contribution is 5.99. The molecule has 2 aromatic carbocycles. The van der Waals surface area contributed by atoms with Crippen molar-refractivity contribution in [3.05, 3.63) is 88.0 Å². The Kier molecular flexibility index (Phi) is 4.26. The molecule has 26 heavy (non-hydrogen) atoms. The number of H-pyrrole nitrogens is 2. The number of rotatable bonds is 5. The molecule has 0 fully saturated rings. The van der Waals surface area contributed by atoms with E-state index >= 15 is 0 Å². The Bertz CT molecular complexity index is 1110. The summed E-state index contributed by atoms with van der Waals surface area (Å²) in [5.41, 5.74) is 5.76. The predicted octanol–water partition coefficient (Wildman–Crippen LogP) is 2.68. The number of benzene rings is 2. The van der Waals surface area contributed by atoms with Gasteiger partial charge in [0.2, 0.25) is 5.95 Å². The van der Waals surface area contributed by atoms with Crippen LogP contribution >= 0.6 is 0 Å². The van der Waals surface area contributed by atoms with Crippen LogP contribution in [-0.2, 0) is 6.42 Å². The zero-order chi connectivity index (χ0) is 17.8. The molecule has 0 radical (unpaired) electrons. The van der Waals surface area contributed by atoms with Crippen molar-refractivity contribution in [1.82, 2.24) is 20.2 Å². The summed E-state index contributed by atoms with van der Waals surface area (Å²) in [6, 6.07) is 17.6. The molecule has 0 atom stereocenters. The number of para-hydroxylation sites is 1. The van der Waals surface area contributed by atoms with E-state index in [0.29, 0.717) is 12.1 Å². The second-order valence-corrected chi connectivity index (χ2v) is 5.77. The van der Waals surface area contributed by atoms with Gasteiger partial charge in [0.25, 0.3) is 5.56 Å². The first-order valence-electron chi connectivity index (χ1n) is 8.14. The highest BCUT2D eigenvalue weighted by Crippen LogP contribution is 2.15. The molecule has 0 saturated carbocycles. The number of hydrazone groups is 1. The fourth-order valence-electron chi connectivity index (χ4n) is 2.68. The second-order valence-electron chi connectivity index (χ2n) is 5.77. The molecule has 0 amide bonds. The molecule has 7 nitrogen and oxygen atoms in total. The van der Waals surface area contributed by atoms with Gasteiger partial charge in [-0.2, -0.15) is 5.10 Å². The quantitative estimate of drug-likeness (QED) is 0.383. The van der Waals surface area contributed by atoms with E-state index < -0.39 is 0 Å². The van der Waals surface area contributed by atoms with Gasteiger partial charge in [-0.3, -0.25) is 9.78 Å². The van der Waals surface area contributed by atoms with Gasteiger partial charge in [-0.15, -0.1) is 10.2 Å². The van der Waals surface area contributed by atoms with Gasteiger partial charge in [0, 0.05) is 29.1 Å². The minimum atomic E-state index is -0.284. The van der Waals surface area contributed by atoms with Crippen molar-refractivity contribution in [1.29, 1.82) is 0 Å². The lowest BCUT2D eigenvalue weighted by atomic mass is 10.1. The first kappa shape index (κ1) is 15.8. The van der Waals surface area contributed by atoms with Crippen molar-refractivity contribution < 1.29 is 0 Å². The summed E-state index contributed by atoms with van der Waals surface area (Å²) < 4.78 is 0. The minimum absolute atomic E-state index is 0.197. The number of anilines is 1. The zero-order valence-corrected chi connectivity index (χ0v) is 13.8. The van der Waals surface area contributed by atoms with Crippen LogP contribution in [0.1, 0.15) is 16.8 Å². The van der Waals surface area contributed by atoms with E-state index in [1.165, 1.54) is 0 Å². The van der Waals surface area contributed by atoms with Crippen molar-refractivity contribution in [3.63, 3.8) is 0 Å². The number of nitrogens with one attached hydrogen (secondary N) is 3. The summed E-state index contributed by atoms with van der Waals surface area (Å²) in [6.45, 7) is 0. The van der Waals surface area contributed by atoms with Crippen molar-refractivity contribution >= 4 is 23.1 Å². The van der Waals surface area contributed by atoms with Crippen molar-refractivity contribution in [2.75, 3.05) is 5.43 Å². The van der Waals surface area contributed by atoms with Gasteiger partial charge in [-0.05, 0) is 11.6 Å². The smallest absolute Gasteiger partial charge is 0.274 e. The van der Waals surface area contributed by atoms with Gasteiger partial charge >= 0.3 is 0 Å². The van der Waals surface area contributed by atoms with E-state index in [9.17, 15) is 4.79 Å². The van der Waals surface area contributed by atoms with Gasteiger partial charge in [0.05, 0.1) is 6.21 Å². The lowest BCUT2D eigenvalue weighted by Gasteiger charge is -2.01. The third-order valence-electron chi connectivity index (χ3n) is 3.97. The largest absolute Gasteiger partial charge is 0.361 e. The molecule has 4 rings (SSSR count). The number of aromatic nitrogens is 4. The molecular weight excluding hydrogens is 328 g/mol. The lowest BCUT2D eigenvalue weighted by molar-refractivity contribution is 0.866. The van der Waals surface area contributed by atoms with E-state index in [2.05, 4.69) is 30.7 Å². The fourth-order valence-corrected chi connectivity index (χ4v) is 2.68.